The molecule has 6 heteroatoms. The van der Waals surface area contributed by atoms with E-state index in [0.29, 0.717) is 19.3 Å². The molecule has 1 N–H and O–H groups in total. The molecule has 6 nitrogen and oxygen atoms in total. The van der Waals surface area contributed by atoms with E-state index in [2.05, 4.69) is 10.2 Å². The highest BCUT2D eigenvalue weighted by molar-refractivity contribution is 5.81. The second-order valence-electron chi connectivity index (χ2n) is 5.24. The number of hydrogen-bond donors (Lipinski definition) is 1. The largest absolute Gasteiger partial charge is 0.468 e. The maximum atomic E-state index is 12.0. The van der Waals surface area contributed by atoms with Crippen LogP contribution in [-0.2, 0) is 19.0 Å². The van der Waals surface area contributed by atoms with Crippen LogP contribution in [0.2, 0.25) is 0 Å². The molecule has 0 amide bonds. The molecule has 20 heavy (non-hydrogen) atoms. The third-order valence-corrected chi connectivity index (χ3v) is 4.22. The summed E-state index contributed by atoms with van der Waals surface area (Å²) in [5.41, 5.74) is -0.544. The van der Waals surface area contributed by atoms with Gasteiger partial charge in [0.25, 0.3) is 0 Å². The van der Waals surface area contributed by atoms with Gasteiger partial charge in [0.1, 0.15) is 5.54 Å². The van der Waals surface area contributed by atoms with Gasteiger partial charge in [-0.1, -0.05) is 0 Å². The quantitative estimate of drug-likeness (QED) is 0.614. The number of likely N-dealkylation sites (N-methyl/N-ethyl adjacent to an activating group) is 1. The minimum Gasteiger partial charge on any atom is -0.468 e. The van der Waals surface area contributed by atoms with E-state index in [1.165, 1.54) is 7.11 Å². The number of methoxy groups -OCH3 is 3. The lowest BCUT2D eigenvalue weighted by atomic mass is 9.97. The van der Waals surface area contributed by atoms with Gasteiger partial charge in [0.05, 0.1) is 20.3 Å². The van der Waals surface area contributed by atoms with Gasteiger partial charge in [-0.25, -0.2) is 0 Å². The van der Waals surface area contributed by atoms with Crippen LogP contribution in [-0.4, -0.2) is 77.1 Å². The molecule has 1 rings (SSSR count). The van der Waals surface area contributed by atoms with Gasteiger partial charge in [0.2, 0.25) is 0 Å². The van der Waals surface area contributed by atoms with Crippen molar-refractivity contribution in [1.29, 1.82) is 0 Å². The van der Waals surface area contributed by atoms with Crippen LogP contribution >= 0.6 is 0 Å². The molecule has 0 radical (unpaired) electrons. The number of rotatable bonds is 9. The van der Waals surface area contributed by atoms with Crippen molar-refractivity contribution in [2.24, 2.45) is 0 Å². The molecule has 1 saturated carbocycles. The van der Waals surface area contributed by atoms with Crippen LogP contribution < -0.4 is 5.32 Å². The zero-order chi connectivity index (χ0) is 15.0. The number of carbonyl (C=O) groups excluding carboxylic acids is 1. The van der Waals surface area contributed by atoms with Gasteiger partial charge in [-0.3, -0.25) is 9.69 Å². The molecule has 1 fully saturated rings. The summed E-state index contributed by atoms with van der Waals surface area (Å²) in [6.07, 6.45) is 2.55. The van der Waals surface area contributed by atoms with Gasteiger partial charge in [-0.2, -0.15) is 0 Å². The number of esters is 1. The highest BCUT2D eigenvalue weighted by atomic mass is 16.5. The highest BCUT2D eigenvalue weighted by Gasteiger charge is 2.46. The minimum atomic E-state index is -0.544. The molecule has 0 aliphatic heterocycles. The first-order chi connectivity index (χ1) is 9.63. The first kappa shape index (κ1) is 17.4. The molecule has 1 aliphatic carbocycles. The second-order valence-corrected chi connectivity index (χ2v) is 5.24. The topological polar surface area (TPSA) is 60.0 Å². The Hall–Kier alpha value is -0.690. The summed E-state index contributed by atoms with van der Waals surface area (Å²) < 4.78 is 15.3. The Morgan fingerprint density at radius 1 is 1.25 bits per heavy atom. The van der Waals surface area contributed by atoms with E-state index in [4.69, 9.17) is 14.2 Å². The third-order valence-electron chi connectivity index (χ3n) is 4.22. The van der Waals surface area contributed by atoms with E-state index >= 15 is 0 Å². The molecule has 0 saturated heterocycles. The molecular weight excluding hydrogens is 260 g/mol. The lowest BCUT2D eigenvalue weighted by molar-refractivity contribution is -0.148. The molecule has 118 valence electrons. The number of nitrogens with zero attached hydrogens (tertiary/aromatic N) is 1. The van der Waals surface area contributed by atoms with E-state index in [-0.39, 0.29) is 5.97 Å². The molecule has 0 heterocycles. The monoisotopic (exact) mass is 288 g/mol. The summed E-state index contributed by atoms with van der Waals surface area (Å²) in [7, 11) is 6.68. The maximum Gasteiger partial charge on any atom is 0.326 e. The van der Waals surface area contributed by atoms with E-state index in [9.17, 15) is 4.79 Å². The number of hydrogen-bond acceptors (Lipinski definition) is 6. The van der Waals surface area contributed by atoms with Gasteiger partial charge in [0.15, 0.2) is 0 Å². The highest BCUT2D eigenvalue weighted by Crippen LogP contribution is 2.33. The predicted octanol–water partition coefficient (Wildman–Crippen LogP) is 0.265. The Labute approximate surface area is 121 Å². The van der Waals surface area contributed by atoms with Crippen molar-refractivity contribution in [3.63, 3.8) is 0 Å². The SMILES string of the molecule is CNC1(C(=O)OC)CCC(N(CCOC)CCOC)C1. The van der Waals surface area contributed by atoms with Crippen LogP contribution in [0.1, 0.15) is 19.3 Å². The average Bonchev–Trinajstić information content (AvgIpc) is 2.92. The fourth-order valence-electron chi connectivity index (χ4n) is 2.93. The minimum absolute atomic E-state index is 0.166. The van der Waals surface area contributed by atoms with Crippen molar-refractivity contribution in [3.8, 4) is 0 Å². The predicted molar refractivity (Wildman–Crippen MR) is 76.8 cm³/mol. The first-order valence-corrected chi connectivity index (χ1v) is 7.12. The summed E-state index contributed by atoms with van der Waals surface area (Å²) >= 11 is 0. The lowest BCUT2D eigenvalue weighted by Crippen LogP contribution is -2.50. The Bertz CT molecular complexity index is 293. The zero-order valence-corrected chi connectivity index (χ0v) is 13.1. The zero-order valence-electron chi connectivity index (χ0n) is 13.1. The van der Waals surface area contributed by atoms with Crippen molar-refractivity contribution in [3.05, 3.63) is 0 Å². The van der Waals surface area contributed by atoms with Crippen LogP contribution in [0.15, 0.2) is 0 Å². The lowest BCUT2D eigenvalue weighted by Gasteiger charge is -2.31. The van der Waals surface area contributed by atoms with Crippen LogP contribution in [0.4, 0.5) is 0 Å². The van der Waals surface area contributed by atoms with Gasteiger partial charge in [-0.05, 0) is 26.3 Å². The summed E-state index contributed by atoms with van der Waals surface area (Å²) in [5, 5.41) is 3.16. The van der Waals surface area contributed by atoms with Crippen LogP contribution in [0.5, 0.6) is 0 Å². The van der Waals surface area contributed by atoms with Crippen LogP contribution in [0, 0.1) is 0 Å². The van der Waals surface area contributed by atoms with Crippen molar-refractivity contribution >= 4 is 5.97 Å². The van der Waals surface area contributed by atoms with Crippen LogP contribution in [0.3, 0.4) is 0 Å². The summed E-state index contributed by atoms with van der Waals surface area (Å²) in [6.45, 7) is 3.08. The second kappa shape index (κ2) is 8.56. The Balaban J connectivity index is 2.66. The van der Waals surface area contributed by atoms with E-state index in [0.717, 1.165) is 32.4 Å². The first-order valence-electron chi connectivity index (χ1n) is 7.12. The fourth-order valence-corrected chi connectivity index (χ4v) is 2.93. The molecule has 0 aromatic carbocycles. The summed E-state index contributed by atoms with van der Waals surface area (Å²) in [6, 6.07) is 0.354. The maximum absolute atomic E-state index is 12.0. The Morgan fingerprint density at radius 3 is 2.30 bits per heavy atom. The van der Waals surface area contributed by atoms with Gasteiger partial charge in [-0.15, -0.1) is 0 Å². The molecule has 0 bridgehead atoms. The molecule has 0 aromatic rings. The standard InChI is InChI=1S/C14H28N2O4/c1-15-14(13(17)20-4)6-5-12(11-14)16(7-9-18-2)8-10-19-3/h12,15H,5-11H2,1-4H3. The number of ether oxygens (including phenoxy) is 3. The Morgan fingerprint density at radius 2 is 1.85 bits per heavy atom. The van der Waals surface area contributed by atoms with Crippen molar-refractivity contribution in [2.45, 2.75) is 30.8 Å². The fraction of sp³-hybridized carbons (Fsp3) is 0.929. The third kappa shape index (κ3) is 4.15. The normalized spacial score (nSPS) is 26.1. The van der Waals surface area contributed by atoms with Crippen LogP contribution in [0.25, 0.3) is 0 Å². The molecule has 2 unspecified atom stereocenters. The number of nitrogens with one attached hydrogen (secondary N) is 1. The molecule has 0 spiro atoms. The van der Waals surface area contributed by atoms with E-state index in [1.807, 2.05) is 7.05 Å². The Kier molecular flexibility index (Phi) is 7.43. The van der Waals surface area contributed by atoms with Crippen molar-refractivity contribution in [1.82, 2.24) is 10.2 Å². The smallest absolute Gasteiger partial charge is 0.326 e. The number of carbonyl (C=O) groups is 1. The van der Waals surface area contributed by atoms with E-state index in [1.54, 1.807) is 14.2 Å². The van der Waals surface area contributed by atoms with E-state index < -0.39 is 5.54 Å². The molecular formula is C14H28N2O4. The van der Waals surface area contributed by atoms with Gasteiger partial charge < -0.3 is 19.5 Å². The van der Waals surface area contributed by atoms with Crippen molar-refractivity contribution < 1.29 is 19.0 Å². The summed E-state index contributed by atoms with van der Waals surface area (Å²) in [5.74, 6) is -0.166. The molecule has 1 aliphatic rings. The summed E-state index contributed by atoms with van der Waals surface area (Å²) in [4.78, 5) is 14.4. The van der Waals surface area contributed by atoms with Crippen molar-refractivity contribution in [2.75, 3.05) is 54.7 Å². The molecule has 2 atom stereocenters. The average molecular weight is 288 g/mol. The van der Waals surface area contributed by atoms with Gasteiger partial charge in [0, 0.05) is 33.4 Å². The molecule has 0 aromatic heterocycles. The van der Waals surface area contributed by atoms with Gasteiger partial charge >= 0.3 is 5.97 Å².